The van der Waals surface area contributed by atoms with Gasteiger partial charge in [-0.1, -0.05) is 0 Å². The highest BCUT2D eigenvalue weighted by Crippen LogP contribution is 2.15. The van der Waals surface area contributed by atoms with Gasteiger partial charge in [-0.05, 0) is 12.5 Å². The van der Waals surface area contributed by atoms with Gasteiger partial charge in [-0.2, -0.15) is 9.40 Å². The summed E-state index contributed by atoms with van der Waals surface area (Å²) in [6.45, 7) is 1.62. The Balaban J connectivity index is 2.05. The second kappa shape index (κ2) is 5.68. The number of aromatic nitrogens is 2. The summed E-state index contributed by atoms with van der Waals surface area (Å²) in [5, 5.41) is 14.9. The van der Waals surface area contributed by atoms with Gasteiger partial charge < -0.3 is 5.11 Å². The molecule has 1 aromatic rings. The predicted octanol–water partition coefficient (Wildman–Crippen LogP) is -0.809. The van der Waals surface area contributed by atoms with E-state index >= 15 is 0 Å². The van der Waals surface area contributed by atoms with Crippen LogP contribution in [0.1, 0.15) is 6.42 Å². The number of H-pyrrole nitrogens is 1. The molecule has 0 radical (unpaired) electrons. The number of carboxylic acid groups (broad SMARTS) is 1. The molecule has 2 heterocycles. The minimum atomic E-state index is -3.55. The third-order valence-electron chi connectivity index (χ3n) is 3.00. The lowest BCUT2D eigenvalue weighted by Gasteiger charge is -2.19. The fourth-order valence-corrected chi connectivity index (χ4v) is 3.43. The van der Waals surface area contributed by atoms with Crippen molar-refractivity contribution >= 4 is 16.0 Å². The van der Waals surface area contributed by atoms with Gasteiger partial charge in [-0.25, -0.2) is 8.42 Å². The van der Waals surface area contributed by atoms with Gasteiger partial charge in [-0.3, -0.25) is 14.8 Å². The lowest BCUT2D eigenvalue weighted by Crippen LogP contribution is -2.36. The molecule has 19 heavy (non-hydrogen) atoms. The Kier molecular flexibility index (Phi) is 4.17. The van der Waals surface area contributed by atoms with Crippen molar-refractivity contribution in [2.24, 2.45) is 0 Å². The number of nitrogens with zero attached hydrogens (tertiary/aromatic N) is 3. The first-order valence-corrected chi connectivity index (χ1v) is 7.38. The fourth-order valence-electron chi connectivity index (χ4n) is 2.06. The number of hydrogen-bond donors (Lipinski definition) is 2. The Morgan fingerprint density at radius 1 is 1.37 bits per heavy atom. The van der Waals surface area contributed by atoms with Gasteiger partial charge in [0.05, 0.1) is 12.7 Å². The Morgan fingerprint density at radius 3 is 2.79 bits per heavy atom. The van der Waals surface area contributed by atoms with E-state index in [1.807, 2.05) is 0 Å². The molecule has 0 amide bonds. The molecule has 0 atom stereocenters. The van der Waals surface area contributed by atoms with Crippen molar-refractivity contribution in [3.05, 3.63) is 12.3 Å². The van der Waals surface area contributed by atoms with Gasteiger partial charge in [0.25, 0.3) is 10.0 Å². The first-order valence-electron chi connectivity index (χ1n) is 5.94. The van der Waals surface area contributed by atoms with E-state index < -0.39 is 16.0 Å². The van der Waals surface area contributed by atoms with E-state index in [1.54, 1.807) is 4.90 Å². The molecule has 1 saturated heterocycles. The summed E-state index contributed by atoms with van der Waals surface area (Å²) in [6.07, 6.45) is 2.00. The summed E-state index contributed by atoms with van der Waals surface area (Å²) >= 11 is 0. The molecule has 1 fully saturated rings. The van der Waals surface area contributed by atoms with E-state index in [4.69, 9.17) is 5.11 Å². The van der Waals surface area contributed by atoms with Crippen molar-refractivity contribution in [3.63, 3.8) is 0 Å². The number of carbonyl (C=O) groups is 1. The highest BCUT2D eigenvalue weighted by molar-refractivity contribution is 7.89. The molecule has 1 aromatic heterocycles. The molecule has 8 nitrogen and oxygen atoms in total. The number of carboxylic acids is 1. The topological polar surface area (TPSA) is 107 Å². The van der Waals surface area contributed by atoms with Crippen LogP contribution in [-0.4, -0.2) is 71.6 Å². The monoisotopic (exact) mass is 288 g/mol. The largest absolute Gasteiger partial charge is 0.480 e. The van der Waals surface area contributed by atoms with E-state index in [0.29, 0.717) is 26.1 Å². The van der Waals surface area contributed by atoms with Crippen LogP contribution in [0.15, 0.2) is 17.3 Å². The van der Waals surface area contributed by atoms with Crippen LogP contribution in [0, 0.1) is 0 Å². The summed E-state index contributed by atoms with van der Waals surface area (Å²) in [5.74, 6) is -0.898. The zero-order chi connectivity index (χ0) is 13.9. The maximum absolute atomic E-state index is 12.2. The quantitative estimate of drug-likeness (QED) is 0.750. The first kappa shape index (κ1) is 14.0. The number of aromatic amines is 1. The highest BCUT2D eigenvalue weighted by Gasteiger charge is 2.28. The number of rotatable bonds is 4. The maximum atomic E-state index is 12.2. The number of sulfonamides is 1. The second-order valence-electron chi connectivity index (χ2n) is 4.35. The summed E-state index contributed by atoms with van der Waals surface area (Å²) in [7, 11) is -3.55. The molecule has 106 valence electrons. The Bertz CT molecular complexity index is 528. The van der Waals surface area contributed by atoms with Crippen LogP contribution >= 0.6 is 0 Å². The molecule has 0 unspecified atom stereocenters. The van der Waals surface area contributed by atoms with Crippen LogP contribution in [0.5, 0.6) is 0 Å². The van der Waals surface area contributed by atoms with E-state index in [-0.39, 0.29) is 18.1 Å². The maximum Gasteiger partial charge on any atom is 0.317 e. The van der Waals surface area contributed by atoms with Gasteiger partial charge in [0.1, 0.15) is 0 Å². The lowest BCUT2D eigenvalue weighted by atomic mass is 10.4. The van der Waals surface area contributed by atoms with Crippen LogP contribution in [0.3, 0.4) is 0 Å². The van der Waals surface area contributed by atoms with Gasteiger partial charge >= 0.3 is 5.97 Å². The van der Waals surface area contributed by atoms with Crippen LogP contribution in [0.4, 0.5) is 0 Å². The van der Waals surface area contributed by atoms with Gasteiger partial charge in [0.2, 0.25) is 0 Å². The third kappa shape index (κ3) is 3.31. The fraction of sp³-hybridized carbons (Fsp3) is 0.600. The van der Waals surface area contributed by atoms with Gasteiger partial charge in [0.15, 0.2) is 5.03 Å². The summed E-state index contributed by atoms with van der Waals surface area (Å²) < 4.78 is 25.9. The van der Waals surface area contributed by atoms with Crippen LogP contribution in [0.2, 0.25) is 0 Å². The number of aliphatic carboxylic acids is 1. The molecule has 0 spiro atoms. The lowest BCUT2D eigenvalue weighted by molar-refractivity contribution is -0.138. The average Bonchev–Trinajstić information content (AvgIpc) is 2.77. The first-order chi connectivity index (χ1) is 9.00. The van der Waals surface area contributed by atoms with E-state index in [1.165, 1.54) is 16.6 Å². The molecular formula is C10H16N4O4S. The highest BCUT2D eigenvalue weighted by atomic mass is 32.2. The van der Waals surface area contributed by atoms with Crippen LogP contribution in [-0.2, 0) is 14.8 Å². The smallest absolute Gasteiger partial charge is 0.317 e. The van der Waals surface area contributed by atoms with E-state index in [0.717, 1.165) is 0 Å². The van der Waals surface area contributed by atoms with Crippen LogP contribution in [0.25, 0.3) is 0 Å². The molecule has 2 N–H and O–H groups in total. The Morgan fingerprint density at radius 2 is 2.16 bits per heavy atom. The minimum Gasteiger partial charge on any atom is -0.480 e. The third-order valence-corrected chi connectivity index (χ3v) is 4.83. The minimum absolute atomic E-state index is 0.0576. The zero-order valence-corrected chi connectivity index (χ0v) is 11.1. The molecular weight excluding hydrogens is 272 g/mol. The number of hydrogen-bond acceptors (Lipinski definition) is 5. The summed E-state index contributed by atoms with van der Waals surface area (Å²) in [5.41, 5.74) is 0. The van der Waals surface area contributed by atoms with Crippen molar-refractivity contribution in [2.75, 3.05) is 32.7 Å². The Hall–Kier alpha value is -1.45. The summed E-state index contributed by atoms with van der Waals surface area (Å²) in [6, 6.07) is 1.41. The number of nitrogens with one attached hydrogen (secondary N) is 1. The zero-order valence-electron chi connectivity index (χ0n) is 10.3. The van der Waals surface area contributed by atoms with Crippen molar-refractivity contribution in [1.82, 2.24) is 19.4 Å². The van der Waals surface area contributed by atoms with Gasteiger partial charge in [0, 0.05) is 26.2 Å². The SMILES string of the molecule is O=C(O)CN1CCCN(S(=O)(=O)c2ccn[nH]2)CC1. The standard InChI is InChI=1S/C10H16N4O4S/c15-10(16)8-13-4-1-5-14(7-6-13)19(17,18)9-2-3-11-12-9/h2-3H,1,4-8H2,(H,11,12)(H,15,16). The van der Waals surface area contributed by atoms with Crippen molar-refractivity contribution in [1.29, 1.82) is 0 Å². The second-order valence-corrected chi connectivity index (χ2v) is 6.25. The van der Waals surface area contributed by atoms with Gasteiger partial charge in [-0.15, -0.1) is 0 Å². The van der Waals surface area contributed by atoms with Crippen molar-refractivity contribution in [2.45, 2.75) is 11.4 Å². The molecule has 0 bridgehead atoms. The molecule has 0 saturated carbocycles. The van der Waals surface area contributed by atoms with Crippen molar-refractivity contribution < 1.29 is 18.3 Å². The van der Waals surface area contributed by atoms with E-state index in [9.17, 15) is 13.2 Å². The van der Waals surface area contributed by atoms with E-state index in [2.05, 4.69) is 10.2 Å². The molecule has 0 aliphatic carbocycles. The Labute approximate surface area is 111 Å². The van der Waals surface area contributed by atoms with Crippen molar-refractivity contribution in [3.8, 4) is 0 Å². The predicted molar refractivity (Wildman–Crippen MR) is 66.0 cm³/mol. The molecule has 1 aliphatic rings. The molecule has 9 heteroatoms. The molecule has 1 aliphatic heterocycles. The van der Waals surface area contributed by atoms with Crippen LogP contribution < -0.4 is 0 Å². The normalized spacial score (nSPS) is 19.2. The summed E-state index contributed by atoms with van der Waals surface area (Å²) in [4.78, 5) is 12.4. The molecule has 2 rings (SSSR count). The average molecular weight is 288 g/mol. The molecule has 0 aromatic carbocycles.